The summed E-state index contributed by atoms with van der Waals surface area (Å²) in [6, 6.07) is 0. The summed E-state index contributed by atoms with van der Waals surface area (Å²) in [6.07, 6.45) is 3.71. The van der Waals surface area contributed by atoms with Crippen LogP contribution in [0.15, 0.2) is 16.1 Å². The molecule has 0 aromatic rings. The molecule has 3 nitrogen and oxygen atoms in total. The molecule has 80 valence electrons. The van der Waals surface area contributed by atoms with Crippen LogP contribution in [0.2, 0.25) is 0 Å². The van der Waals surface area contributed by atoms with Gasteiger partial charge in [0.25, 0.3) is 0 Å². The summed E-state index contributed by atoms with van der Waals surface area (Å²) in [4.78, 5) is 14.6. The van der Waals surface area contributed by atoms with E-state index in [0.717, 1.165) is 10.8 Å². The fourth-order valence-corrected chi connectivity index (χ4v) is 2.43. The highest BCUT2D eigenvalue weighted by atomic mass is 33.1. The highest BCUT2D eigenvalue weighted by molar-refractivity contribution is 8.78. The Hall–Kier alpha value is -0.420. The molecule has 0 bridgehead atoms. The van der Waals surface area contributed by atoms with Gasteiger partial charge in [-0.1, -0.05) is 16.9 Å². The van der Waals surface area contributed by atoms with Gasteiger partial charge in [0, 0.05) is 18.9 Å². The molecule has 5 heteroatoms. The standard InChI is InChI=1S/C9H15NO2S2/c1-4-9(10-5-2)14-13-7-6-12-8(3)11/h4-5H,6-7H2,1-3H3/b9-4+,10-5-. The number of aliphatic imine (C=N–C) groups is 1. The normalized spacial score (nSPS) is 12.1. The minimum atomic E-state index is -0.228. The molecule has 0 aliphatic heterocycles. The number of hydrogen-bond acceptors (Lipinski definition) is 5. The third-order valence-corrected chi connectivity index (χ3v) is 3.45. The fraction of sp³-hybridized carbons (Fsp3) is 0.556. The van der Waals surface area contributed by atoms with Crippen molar-refractivity contribution in [3.05, 3.63) is 11.1 Å². The van der Waals surface area contributed by atoms with Crippen molar-refractivity contribution in [3.8, 4) is 0 Å². The predicted octanol–water partition coefficient (Wildman–Crippen LogP) is 2.88. The van der Waals surface area contributed by atoms with Gasteiger partial charge in [-0.2, -0.15) is 0 Å². The van der Waals surface area contributed by atoms with E-state index in [-0.39, 0.29) is 5.97 Å². The highest BCUT2D eigenvalue weighted by Gasteiger charge is 1.96. The predicted molar refractivity (Wildman–Crippen MR) is 64.6 cm³/mol. The molecule has 0 saturated carbocycles. The van der Waals surface area contributed by atoms with Crippen LogP contribution in [0, 0.1) is 0 Å². The first kappa shape index (κ1) is 13.6. The van der Waals surface area contributed by atoms with Crippen LogP contribution in [0.25, 0.3) is 0 Å². The number of hydrogen-bond donors (Lipinski definition) is 0. The Morgan fingerprint density at radius 2 is 2.21 bits per heavy atom. The van der Waals surface area contributed by atoms with Crippen LogP contribution >= 0.6 is 21.6 Å². The summed E-state index contributed by atoms with van der Waals surface area (Å²) in [7, 11) is 3.21. The molecule has 0 unspecified atom stereocenters. The zero-order chi connectivity index (χ0) is 10.8. The van der Waals surface area contributed by atoms with Gasteiger partial charge in [0.1, 0.15) is 11.6 Å². The van der Waals surface area contributed by atoms with Crippen LogP contribution in [-0.4, -0.2) is 24.5 Å². The quantitative estimate of drug-likeness (QED) is 0.306. The molecule has 0 heterocycles. The molecule has 0 amide bonds. The molecule has 0 aromatic heterocycles. The molecule has 0 atom stereocenters. The van der Waals surface area contributed by atoms with Crippen molar-refractivity contribution in [1.29, 1.82) is 0 Å². The van der Waals surface area contributed by atoms with Crippen molar-refractivity contribution in [1.82, 2.24) is 0 Å². The summed E-state index contributed by atoms with van der Waals surface area (Å²) in [6.45, 7) is 5.70. The van der Waals surface area contributed by atoms with Crippen molar-refractivity contribution >= 4 is 33.8 Å². The third kappa shape index (κ3) is 8.19. The SMILES string of the molecule is C/C=N\C(=C/C)SSCCOC(C)=O. The number of carbonyl (C=O) groups is 1. The van der Waals surface area contributed by atoms with E-state index < -0.39 is 0 Å². The van der Waals surface area contributed by atoms with E-state index in [1.54, 1.807) is 27.8 Å². The number of esters is 1. The van der Waals surface area contributed by atoms with Crippen LogP contribution in [0.5, 0.6) is 0 Å². The lowest BCUT2D eigenvalue weighted by Crippen LogP contribution is -2.01. The molecule has 0 rings (SSSR count). The van der Waals surface area contributed by atoms with Gasteiger partial charge in [-0.3, -0.25) is 9.79 Å². The van der Waals surface area contributed by atoms with Gasteiger partial charge < -0.3 is 4.74 Å². The summed E-state index contributed by atoms with van der Waals surface area (Å²) in [5, 5.41) is 0.973. The molecular formula is C9H15NO2S2. The lowest BCUT2D eigenvalue weighted by atomic mass is 10.7. The Kier molecular flexibility index (Phi) is 8.87. The van der Waals surface area contributed by atoms with E-state index in [1.165, 1.54) is 6.92 Å². The van der Waals surface area contributed by atoms with Crippen LogP contribution in [0.3, 0.4) is 0 Å². The van der Waals surface area contributed by atoms with Crippen molar-refractivity contribution < 1.29 is 9.53 Å². The van der Waals surface area contributed by atoms with Crippen LogP contribution in [-0.2, 0) is 9.53 Å². The fourth-order valence-electron chi connectivity index (χ4n) is 0.593. The number of rotatable bonds is 6. The van der Waals surface area contributed by atoms with E-state index in [0.29, 0.717) is 6.61 Å². The summed E-state index contributed by atoms with van der Waals surface area (Å²) >= 11 is 0. The van der Waals surface area contributed by atoms with E-state index in [4.69, 9.17) is 4.74 Å². The molecule has 0 radical (unpaired) electrons. The second-order valence-electron chi connectivity index (χ2n) is 2.26. The molecule has 0 saturated heterocycles. The average molecular weight is 233 g/mol. The van der Waals surface area contributed by atoms with Crippen LogP contribution < -0.4 is 0 Å². The number of allylic oxidation sites excluding steroid dienone is 1. The lowest BCUT2D eigenvalue weighted by molar-refractivity contribution is -0.140. The number of ether oxygens (including phenoxy) is 1. The second-order valence-corrected chi connectivity index (χ2v) is 4.70. The molecule has 14 heavy (non-hydrogen) atoms. The first-order chi connectivity index (χ1) is 6.70. The first-order valence-electron chi connectivity index (χ1n) is 4.28. The minimum absolute atomic E-state index is 0.228. The van der Waals surface area contributed by atoms with Crippen LogP contribution in [0.1, 0.15) is 20.8 Å². The lowest BCUT2D eigenvalue weighted by Gasteiger charge is -2.01. The maximum atomic E-state index is 10.4. The Morgan fingerprint density at radius 3 is 2.71 bits per heavy atom. The Morgan fingerprint density at radius 1 is 1.50 bits per heavy atom. The molecule has 0 fully saturated rings. The zero-order valence-corrected chi connectivity index (χ0v) is 10.3. The van der Waals surface area contributed by atoms with Gasteiger partial charge in [-0.05, 0) is 24.6 Å². The van der Waals surface area contributed by atoms with E-state index >= 15 is 0 Å². The maximum absolute atomic E-state index is 10.4. The van der Waals surface area contributed by atoms with Crippen molar-refractivity contribution in [3.63, 3.8) is 0 Å². The molecule has 0 spiro atoms. The zero-order valence-electron chi connectivity index (χ0n) is 8.65. The molecular weight excluding hydrogens is 218 g/mol. The van der Waals surface area contributed by atoms with E-state index in [9.17, 15) is 4.79 Å². The monoisotopic (exact) mass is 233 g/mol. The topological polar surface area (TPSA) is 38.7 Å². The highest BCUT2D eigenvalue weighted by Crippen LogP contribution is 2.30. The van der Waals surface area contributed by atoms with Crippen LogP contribution in [0.4, 0.5) is 0 Å². The summed E-state index contributed by atoms with van der Waals surface area (Å²) < 4.78 is 4.79. The maximum Gasteiger partial charge on any atom is 0.302 e. The molecule has 0 N–H and O–H groups in total. The van der Waals surface area contributed by atoms with Gasteiger partial charge in [-0.25, -0.2) is 0 Å². The number of carbonyl (C=O) groups excluding carboxylic acids is 1. The molecule has 0 aromatic carbocycles. The van der Waals surface area contributed by atoms with Gasteiger partial charge in [-0.15, -0.1) is 0 Å². The Bertz CT molecular complexity index is 227. The van der Waals surface area contributed by atoms with E-state index in [1.807, 2.05) is 19.9 Å². The van der Waals surface area contributed by atoms with Crippen molar-refractivity contribution in [2.45, 2.75) is 20.8 Å². The Labute approximate surface area is 92.8 Å². The van der Waals surface area contributed by atoms with Gasteiger partial charge >= 0.3 is 5.97 Å². The minimum Gasteiger partial charge on any atom is -0.465 e. The van der Waals surface area contributed by atoms with E-state index in [2.05, 4.69) is 4.99 Å². The third-order valence-electron chi connectivity index (χ3n) is 1.12. The summed E-state index contributed by atoms with van der Waals surface area (Å²) in [5.41, 5.74) is 0. The van der Waals surface area contributed by atoms with Gasteiger partial charge in [0.05, 0.1) is 0 Å². The summed E-state index contributed by atoms with van der Waals surface area (Å²) in [5.74, 6) is 0.550. The molecule has 0 aliphatic rings. The Balaban J connectivity index is 3.48. The van der Waals surface area contributed by atoms with Gasteiger partial charge in [0.15, 0.2) is 0 Å². The average Bonchev–Trinajstić information content (AvgIpc) is 2.15. The van der Waals surface area contributed by atoms with Crippen molar-refractivity contribution in [2.75, 3.05) is 12.4 Å². The number of nitrogens with zero attached hydrogens (tertiary/aromatic N) is 1. The van der Waals surface area contributed by atoms with Gasteiger partial charge in [0.2, 0.25) is 0 Å². The smallest absolute Gasteiger partial charge is 0.302 e. The van der Waals surface area contributed by atoms with Crippen molar-refractivity contribution in [2.24, 2.45) is 4.99 Å². The molecule has 0 aliphatic carbocycles. The largest absolute Gasteiger partial charge is 0.465 e. The second kappa shape index (κ2) is 9.15. The first-order valence-corrected chi connectivity index (χ1v) is 6.60.